The summed E-state index contributed by atoms with van der Waals surface area (Å²) < 4.78 is 10.6. The van der Waals surface area contributed by atoms with Crippen LogP contribution in [0.3, 0.4) is 0 Å². The number of hydrogen-bond acceptors (Lipinski definition) is 4. The minimum Gasteiger partial charge on any atom is -0.378 e. The molecule has 0 N–H and O–H groups in total. The summed E-state index contributed by atoms with van der Waals surface area (Å²) in [5.41, 5.74) is 1.56. The Bertz CT molecular complexity index is 449. The summed E-state index contributed by atoms with van der Waals surface area (Å²) in [5.74, 6) is 1.51. The second-order valence-electron chi connectivity index (χ2n) is 5.19. The van der Waals surface area contributed by atoms with Gasteiger partial charge in [-0.25, -0.2) is 0 Å². The Morgan fingerprint density at radius 3 is 2.94 bits per heavy atom. The van der Waals surface area contributed by atoms with Crippen LogP contribution in [-0.4, -0.2) is 42.3 Å². The molecule has 3 rings (SSSR count). The molecule has 1 aromatic heterocycles. The fourth-order valence-corrected chi connectivity index (χ4v) is 2.66. The average molecular weight is 250 g/mol. The first-order valence-electron chi connectivity index (χ1n) is 6.60. The lowest BCUT2D eigenvalue weighted by Crippen LogP contribution is -2.41. The number of morpholine rings is 1. The van der Waals surface area contributed by atoms with E-state index in [0.29, 0.717) is 37.9 Å². The Kier molecular flexibility index (Phi) is 3.07. The zero-order valence-corrected chi connectivity index (χ0v) is 10.6. The number of carbonyl (C=O) groups is 1. The molecule has 98 valence electrons. The fourth-order valence-electron chi connectivity index (χ4n) is 2.66. The first kappa shape index (κ1) is 11.7. The number of carbonyl (C=O) groups excluding carboxylic acids is 1. The number of ether oxygens (including phenoxy) is 1. The molecule has 18 heavy (non-hydrogen) atoms. The minimum absolute atomic E-state index is 0.00241. The van der Waals surface area contributed by atoms with E-state index in [-0.39, 0.29) is 5.91 Å². The molecule has 5 heteroatoms. The van der Waals surface area contributed by atoms with Crippen LogP contribution in [0.5, 0.6) is 0 Å². The van der Waals surface area contributed by atoms with Crippen LogP contribution in [0.25, 0.3) is 0 Å². The van der Waals surface area contributed by atoms with Crippen molar-refractivity contribution >= 4 is 5.91 Å². The van der Waals surface area contributed by atoms with Gasteiger partial charge in [0.05, 0.1) is 13.2 Å². The van der Waals surface area contributed by atoms with Crippen molar-refractivity contribution in [3.63, 3.8) is 0 Å². The third-order valence-corrected chi connectivity index (χ3v) is 3.79. The predicted octanol–water partition coefficient (Wildman–Crippen LogP) is 1.27. The van der Waals surface area contributed by atoms with Crippen molar-refractivity contribution in [2.24, 2.45) is 5.92 Å². The Labute approximate surface area is 106 Å². The third kappa shape index (κ3) is 2.03. The molecule has 0 radical (unpaired) electrons. The standard InChI is InChI=1S/C13H18N2O3/c1-9-2-3-11-10(8-9)12(14-18-11)13(16)15-4-6-17-7-5-15/h9H,2-8H2,1H3/t9-/m1/s1. The van der Waals surface area contributed by atoms with Crippen molar-refractivity contribution in [3.8, 4) is 0 Å². The van der Waals surface area contributed by atoms with Gasteiger partial charge in [-0.05, 0) is 18.8 Å². The normalized spacial score (nSPS) is 23.8. The molecule has 5 nitrogen and oxygen atoms in total. The van der Waals surface area contributed by atoms with E-state index < -0.39 is 0 Å². The van der Waals surface area contributed by atoms with Gasteiger partial charge >= 0.3 is 0 Å². The number of hydrogen-bond donors (Lipinski definition) is 0. The zero-order valence-electron chi connectivity index (χ0n) is 10.6. The Balaban J connectivity index is 1.83. The quantitative estimate of drug-likeness (QED) is 0.753. The molecule has 2 aliphatic rings. The lowest BCUT2D eigenvalue weighted by atomic mass is 9.88. The van der Waals surface area contributed by atoms with Gasteiger partial charge < -0.3 is 14.2 Å². The first-order valence-corrected chi connectivity index (χ1v) is 6.60. The summed E-state index contributed by atoms with van der Waals surface area (Å²) in [6.07, 6.45) is 2.93. The molecule has 1 aromatic rings. The maximum absolute atomic E-state index is 12.4. The molecular formula is C13H18N2O3. The van der Waals surface area contributed by atoms with E-state index in [9.17, 15) is 4.79 Å². The largest absolute Gasteiger partial charge is 0.378 e. The van der Waals surface area contributed by atoms with Gasteiger partial charge in [-0.2, -0.15) is 0 Å². The lowest BCUT2D eigenvalue weighted by molar-refractivity contribution is 0.0295. The van der Waals surface area contributed by atoms with Gasteiger partial charge in [0.2, 0.25) is 0 Å². The van der Waals surface area contributed by atoms with Crippen LogP contribution in [-0.2, 0) is 17.6 Å². The van der Waals surface area contributed by atoms with Gasteiger partial charge in [-0.3, -0.25) is 4.79 Å². The molecule has 1 saturated heterocycles. The maximum Gasteiger partial charge on any atom is 0.276 e. The van der Waals surface area contributed by atoms with E-state index in [2.05, 4.69) is 12.1 Å². The molecule has 0 bridgehead atoms. The van der Waals surface area contributed by atoms with Crippen LogP contribution in [0.1, 0.15) is 35.2 Å². The smallest absolute Gasteiger partial charge is 0.276 e. The summed E-state index contributed by atoms with van der Waals surface area (Å²) in [7, 11) is 0. The van der Waals surface area contributed by atoms with E-state index in [4.69, 9.17) is 9.26 Å². The molecular weight excluding hydrogens is 232 g/mol. The van der Waals surface area contributed by atoms with Crippen LogP contribution in [0, 0.1) is 5.92 Å². The van der Waals surface area contributed by atoms with Crippen LogP contribution in [0.4, 0.5) is 0 Å². The molecule has 2 heterocycles. The molecule has 0 unspecified atom stereocenters. The van der Waals surface area contributed by atoms with Gasteiger partial charge in [0.15, 0.2) is 5.69 Å². The SMILES string of the molecule is C[C@@H]1CCc2onc(C(=O)N3CCOCC3)c2C1. The highest BCUT2D eigenvalue weighted by Gasteiger charge is 2.29. The number of aromatic nitrogens is 1. The van der Waals surface area contributed by atoms with Crippen molar-refractivity contribution in [1.29, 1.82) is 0 Å². The lowest BCUT2D eigenvalue weighted by Gasteiger charge is -2.26. The minimum atomic E-state index is -0.00241. The van der Waals surface area contributed by atoms with E-state index in [1.165, 1.54) is 0 Å². The monoisotopic (exact) mass is 250 g/mol. The molecule has 1 amide bonds. The summed E-state index contributed by atoms with van der Waals surface area (Å²) in [6, 6.07) is 0. The molecule has 1 aliphatic carbocycles. The van der Waals surface area contributed by atoms with Crippen molar-refractivity contribution in [2.45, 2.75) is 26.2 Å². The summed E-state index contributed by atoms with van der Waals surface area (Å²) in [6.45, 7) is 4.73. The van der Waals surface area contributed by atoms with Crippen LogP contribution in [0.2, 0.25) is 0 Å². The summed E-state index contributed by atoms with van der Waals surface area (Å²) in [4.78, 5) is 14.2. The van der Waals surface area contributed by atoms with Crippen molar-refractivity contribution in [3.05, 3.63) is 17.0 Å². The Morgan fingerprint density at radius 2 is 2.17 bits per heavy atom. The van der Waals surface area contributed by atoms with E-state index in [1.807, 2.05) is 0 Å². The van der Waals surface area contributed by atoms with Gasteiger partial charge in [0.25, 0.3) is 5.91 Å². The molecule has 0 spiro atoms. The number of amides is 1. The number of rotatable bonds is 1. The van der Waals surface area contributed by atoms with Crippen LogP contribution >= 0.6 is 0 Å². The van der Waals surface area contributed by atoms with E-state index >= 15 is 0 Å². The molecule has 1 atom stereocenters. The summed E-state index contributed by atoms with van der Waals surface area (Å²) in [5, 5.41) is 4.00. The molecule has 0 aromatic carbocycles. The predicted molar refractivity (Wildman–Crippen MR) is 64.4 cm³/mol. The fraction of sp³-hybridized carbons (Fsp3) is 0.692. The van der Waals surface area contributed by atoms with E-state index in [0.717, 1.165) is 30.6 Å². The summed E-state index contributed by atoms with van der Waals surface area (Å²) >= 11 is 0. The third-order valence-electron chi connectivity index (χ3n) is 3.79. The van der Waals surface area contributed by atoms with Gasteiger partial charge in [-0.1, -0.05) is 12.1 Å². The second-order valence-corrected chi connectivity index (χ2v) is 5.19. The molecule has 0 saturated carbocycles. The van der Waals surface area contributed by atoms with Crippen molar-refractivity contribution in [2.75, 3.05) is 26.3 Å². The van der Waals surface area contributed by atoms with Crippen molar-refractivity contribution < 1.29 is 14.1 Å². The van der Waals surface area contributed by atoms with Gasteiger partial charge in [-0.15, -0.1) is 0 Å². The van der Waals surface area contributed by atoms with Crippen LogP contribution < -0.4 is 0 Å². The first-order chi connectivity index (χ1) is 8.75. The highest BCUT2D eigenvalue weighted by atomic mass is 16.5. The average Bonchev–Trinajstić information content (AvgIpc) is 2.82. The van der Waals surface area contributed by atoms with Gasteiger partial charge in [0, 0.05) is 25.1 Å². The molecule has 1 fully saturated rings. The Morgan fingerprint density at radius 1 is 1.39 bits per heavy atom. The van der Waals surface area contributed by atoms with E-state index in [1.54, 1.807) is 4.90 Å². The zero-order chi connectivity index (χ0) is 12.5. The number of aryl methyl sites for hydroxylation is 1. The highest BCUT2D eigenvalue weighted by molar-refractivity contribution is 5.94. The number of fused-ring (bicyclic) bond motifs is 1. The number of nitrogens with zero attached hydrogens (tertiary/aromatic N) is 2. The topological polar surface area (TPSA) is 55.6 Å². The Hall–Kier alpha value is -1.36. The second kappa shape index (κ2) is 4.72. The van der Waals surface area contributed by atoms with Gasteiger partial charge in [0.1, 0.15) is 5.76 Å². The highest BCUT2D eigenvalue weighted by Crippen LogP contribution is 2.28. The van der Waals surface area contributed by atoms with Crippen molar-refractivity contribution in [1.82, 2.24) is 10.1 Å². The molecule has 1 aliphatic heterocycles. The van der Waals surface area contributed by atoms with Crippen LogP contribution in [0.15, 0.2) is 4.52 Å². The maximum atomic E-state index is 12.4.